The average Bonchev–Trinajstić information content (AvgIpc) is 3.35. The van der Waals surface area contributed by atoms with Crippen molar-refractivity contribution in [2.45, 2.75) is 6.92 Å². The molecule has 0 radical (unpaired) electrons. The normalized spacial score (nSPS) is 10.8. The summed E-state index contributed by atoms with van der Waals surface area (Å²) in [4.78, 5) is 17.6. The largest absolute Gasteiger partial charge is 0.497 e. The number of carbonyl (C=O) groups is 1. The Labute approximate surface area is 177 Å². The number of nitrogens with zero attached hydrogens (tertiary/aromatic N) is 3. The number of hydrogen-bond donors (Lipinski definition) is 1. The number of anilines is 1. The van der Waals surface area contributed by atoms with E-state index in [1.54, 1.807) is 36.1 Å². The Kier molecular flexibility index (Phi) is 5.28. The van der Waals surface area contributed by atoms with Gasteiger partial charge in [0.2, 0.25) is 5.13 Å². The van der Waals surface area contributed by atoms with Crippen molar-refractivity contribution in [1.29, 1.82) is 0 Å². The van der Waals surface area contributed by atoms with E-state index in [1.807, 2.05) is 25.1 Å². The number of fused-ring (bicyclic) bond motifs is 1. The van der Waals surface area contributed by atoms with Crippen molar-refractivity contribution in [3.8, 4) is 22.4 Å². The minimum Gasteiger partial charge on any atom is -0.497 e. The van der Waals surface area contributed by atoms with E-state index in [0.717, 1.165) is 21.7 Å². The molecule has 2 heterocycles. The summed E-state index contributed by atoms with van der Waals surface area (Å²) in [6.45, 7) is 1.86. The van der Waals surface area contributed by atoms with Gasteiger partial charge in [-0.3, -0.25) is 4.79 Å². The number of aryl methyl sites for hydroxylation is 1. The van der Waals surface area contributed by atoms with Gasteiger partial charge in [0.25, 0.3) is 5.91 Å². The number of ether oxygens (including phenoxy) is 3. The molecular formula is C21H20N4O4S. The lowest BCUT2D eigenvalue weighted by atomic mass is 10.2. The maximum Gasteiger partial charge on any atom is 0.257 e. The molecule has 0 unspecified atom stereocenters. The Bertz CT molecular complexity index is 1210. The van der Waals surface area contributed by atoms with E-state index in [0.29, 0.717) is 28.0 Å². The van der Waals surface area contributed by atoms with Crippen LogP contribution < -0.4 is 19.5 Å². The van der Waals surface area contributed by atoms with Gasteiger partial charge in [-0.05, 0) is 31.2 Å². The molecule has 0 saturated carbocycles. The summed E-state index contributed by atoms with van der Waals surface area (Å²) in [5, 5.41) is 8.05. The van der Waals surface area contributed by atoms with Crippen molar-refractivity contribution in [2.75, 3.05) is 26.6 Å². The summed E-state index contributed by atoms with van der Waals surface area (Å²) in [7, 11) is 4.69. The summed E-state index contributed by atoms with van der Waals surface area (Å²) in [5.74, 6) is 2.01. The molecule has 0 atom stereocenters. The van der Waals surface area contributed by atoms with E-state index in [2.05, 4.69) is 15.4 Å². The van der Waals surface area contributed by atoms with Gasteiger partial charge in [-0.15, -0.1) is 0 Å². The zero-order valence-corrected chi connectivity index (χ0v) is 17.7. The third kappa shape index (κ3) is 3.79. The first kappa shape index (κ1) is 19.7. The van der Waals surface area contributed by atoms with Crippen LogP contribution in [0.15, 0.2) is 42.5 Å². The Hall–Kier alpha value is -3.59. The second-order valence-electron chi connectivity index (χ2n) is 6.47. The smallest absolute Gasteiger partial charge is 0.257 e. The highest BCUT2D eigenvalue weighted by Gasteiger charge is 2.17. The van der Waals surface area contributed by atoms with Crippen LogP contribution in [0.4, 0.5) is 5.82 Å². The van der Waals surface area contributed by atoms with Crippen molar-refractivity contribution in [2.24, 2.45) is 0 Å². The number of methoxy groups -OCH3 is 3. The molecule has 8 nitrogen and oxygen atoms in total. The maximum absolute atomic E-state index is 12.9. The predicted octanol–water partition coefficient (Wildman–Crippen LogP) is 4.07. The lowest BCUT2D eigenvalue weighted by Gasteiger charge is -2.09. The van der Waals surface area contributed by atoms with Gasteiger partial charge in [0.15, 0.2) is 0 Å². The van der Waals surface area contributed by atoms with Crippen LogP contribution in [0.25, 0.3) is 15.3 Å². The first-order valence-corrected chi connectivity index (χ1v) is 9.88. The Morgan fingerprint density at radius 3 is 2.33 bits per heavy atom. The molecule has 1 N–H and O–H groups in total. The van der Waals surface area contributed by atoms with Gasteiger partial charge < -0.3 is 19.5 Å². The molecule has 0 fully saturated rings. The van der Waals surface area contributed by atoms with Gasteiger partial charge in [0.05, 0.1) is 37.2 Å². The van der Waals surface area contributed by atoms with Crippen molar-refractivity contribution < 1.29 is 19.0 Å². The Balaban J connectivity index is 1.68. The summed E-state index contributed by atoms with van der Waals surface area (Å²) in [5.41, 5.74) is 1.97. The number of hydrogen-bond acceptors (Lipinski definition) is 7. The fourth-order valence-corrected chi connectivity index (χ4v) is 3.89. The first-order valence-electron chi connectivity index (χ1n) is 9.06. The molecule has 154 valence electrons. The number of carbonyl (C=O) groups excluding carboxylic acids is 1. The predicted molar refractivity (Wildman–Crippen MR) is 116 cm³/mol. The SMILES string of the molecule is COc1cc(OC)cc(C(=O)Nc2cc(C)nn2-c2nc3cc(OC)ccc3s2)c1. The molecule has 0 aliphatic carbocycles. The van der Waals surface area contributed by atoms with E-state index >= 15 is 0 Å². The highest BCUT2D eigenvalue weighted by atomic mass is 32.1. The molecule has 0 aliphatic heterocycles. The van der Waals surface area contributed by atoms with E-state index in [9.17, 15) is 4.79 Å². The van der Waals surface area contributed by atoms with Gasteiger partial charge in [-0.2, -0.15) is 9.78 Å². The average molecular weight is 424 g/mol. The van der Waals surface area contributed by atoms with Crippen molar-refractivity contribution in [3.63, 3.8) is 0 Å². The molecule has 0 bridgehead atoms. The fraction of sp³-hybridized carbons (Fsp3) is 0.190. The minimum absolute atomic E-state index is 0.309. The van der Waals surface area contributed by atoms with Crippen LogP contribution in [0.2, 0.25) is 0 Å². The Morgan fingerprint density at radius 2 is 1.67 bits per heavy atom. The van der Waals surface area contributed by atoms with Crippen molar-refractivity contribution in [1.82, 2.24) is 14.8 Å². The van der Waals surface area contributed by atoms with Crippen LogP contribution in [0.1, 0.15) is 16.1 Å². The number of thiazole rings is 1. The Morgan fingerprint density at radius 1 is 0.967 bits per heavy atom. The molecule has 4 aromatic rings. The molecule has 2 aromatic carbocycles. The van der Waals surface area contributed by atoms with Crippen LogP contribution in [0.3, 0.4) is 0 Å². The van der Waals surface area contributed by atoms with E-state index in [-0.39, 0.29) is 5.91 Å². The summed E-state index contributed by atoms with van der Waals surface area (Å²) >= 11 is 1.47. The van der Waals surface area contributed by atoms with E-state index in [1.165, 1.54) is 25.6 Å². The fourth-order valence-electron chi connectivity index (χ4n) is 2.97. The summed E-state index contributed by atoms with van der Waals surface area (Å²) < 4.78 is 18.4. The first-order chi connectivity index (χ1) is 14.5. The lowest BCUT2D eigenvalue weighted by molar-refractivity contribution is 0.102. The third-order valence-electron chi connectivity index (χ3n) is 4.45. The second kappa shape index (κ2) is 8.03. The third-order valence-corrected chi connectivity index (χ3v) is 5.46. The van der Waals surface area contributed by atoms with Gasteiger partial charge in [0, 0.05) is 23.8 Å². The zero-order chi connectivity index (χ0) is 21.3. The quantitative estimate of drug-likeness (QED) is 0.502. The van der Waals surface area contributed by atoms with E-state index in [4.69, 9.17) is 14.2 Å². The standard InChI is InChI=1S/C21H20N4O4S/c1-12-7-19(23-20(26)13-8-15(28-3)10-16(9-13)29-4)25(24-12)21-22-17-11-14(27-2)5-6-18(17)30-21/h5-11H,1-4H3,(H,23,26). The minimum atomic E-state index is -0.309. The number of amides is 1. The molecule has 30 heavy (non-hydrogen) atoms. The van der Waals surface area contributed by atoms with Crippen LogP contribution >= 0.6 is 11.3 Å². The van der Waals surface area contributed by atoms with Gasteiger partial charge in [-0.25, -0.2) is 4.98 Å². The number of nitrogens with one attached hydrogen (secondary N) is 1. The molecular weight excluding hydrogens is 404 g/mol. The van der Waals surface area contributed by atoms with Gasteiger partial charge in [-0.1, -0.05) is 11.3 Å². The zero-order valence-electron chi connectivity index (χ0n) is 16.9. The lowest BCUT2D eigenvalue weighted by Crippen LogP contribution is -2.15. The van der Waals surface area contributed by atoms with Crippen LogP contribution in [-0.4, -0.2) is 42.0 Å². The highest BCUT2D eigenvalue weighted by Crippen LogP contribution is 2.30. The van der Waals surface area contributed by atoms with Crippen molar-refractivity contribution >= 4 is 33.3 Å². The molecule has 2 aromatic heterocycles. The van der Waals surface area contributed by atoms with Crippen LogP contribution in [0.5, 0.6) is 17.2 Å². The molecule has 4 rings (SSSR count). The van der Waals surface area contributed by atoms with Gasteiger partial charge in [0.1, 0.15) is 23.1 Å². The molecule has 0 aliphatic rings. The van der Waals surface area contributed by atoms with Crippen LogP contribution in [-0.2, 0) is 0 Å². The topological polar surface area (TPSA) is 87.5 Å². The molecule has 9 heteroatoms. The monoisotopic (exact) mass is 424 g/mol. The summed E-state index contributed by atoms with van der Waals surface area (Å²) in [6.07, 6.45) is 0. The van der Waals surface area contributed by atoms with E-state index < -0.39 is 0 Å². The number of benzene rings is 2. The second-order valence-corrected chi connectivity index (χ2v) is 7.48. The summed E-state index contributed by atoms with van der Waals surface area (Å²) in [6, 6.07) is 12.5. The highest BCUT2D eigenvalue weighted by molar-refractivity contribution is 7.20. The van der Waals surface area contributed by atoms with Crippen LogP contribution in [0, 0.1) is 6.92 Å². The maximum atomic E-state index is 12.9. The van der Waals surface area contributed by atoms with Gasteiger partial charge >= 0.3 is 0 Å². The molecule has 0 spiro atoms. The molecule has 0 saturated heterocycles. The number of rotatable bonds is 6. The van der Waals surface area contributed by atoms with Crippen molar-refractivity contribution in [3.05, 3.63) is 53.7 Å². The molecule has 1 amide bonds. The number of aromatic nitrogens is 3.